The molecule has 1 heterocycles. The van der Waals surface area contributed by atoms with Crippen LogP contribution in [0.25, 0.3) is 0 Å². The minimum absolute atomic E-state index is 0. The third-order valence-electron chi connectivity index (χ3n) is 5.19. The number of carbonyl (C=O) groups is 2. The fourth-order valence-electron chi connectivity index (χ4n) is 3.43. The van der Waals surface area contributed by atoms with E-state index in [4.69, 9.17) is 17.3 Å². The number of hydrogen-bond acceptors (Lipinski definition) is 5. The van der Waals surface area contributed by atoms with Gasteiger partial charge >= 0.3 is 0 Å². The van der Waals surface area contributed by atoms with Crippen LogP contribution in [0.4, 0.5) is 20.2 Å². The second-order valence-corrected chi connectivity index (χ2v) is 9.05. The van der Waals surface area contributed by atoms with Crippen molar-refractivity contribution in [1.29, 1.82) is 0 Å². The van der Waals surface area contributed by atoms with Crippen LogP contribution in [0.5, 0.6) is 0 Å². The first-order chi connectivity index (χ1) is 15.8. The van der Waals surface area contributed by atoms with E-state index in [0.29, 0.717) is 27.0 Å². The first-order valence-corrected chi connectivity index (χ1v) is 11.5. The Morgan fingerprint density at radius 3 is 2.47 bits per heavy atom. The predicted molar refractivity (Wildman–Crippen MR) is 134 cm³/mol. The number of rotatable bonds is 6. The van der Waals surface area contributed by atoms with Gasteiger partial charge in [0.15, 0.2) is 5.78 Å². The average molecular weight is 524 g/mol. The Kier molecular flexibility index (Phi) is 8.54. The molecule has 1 aliphatic heterocycles. The zero-order chi connectivity index (χ0) is 23.5. The largest absolute Gasteiger partial charge is 0.378 e. The number of halogens is 4. The number of nitrogens with one attached hydrogen (secondary N) is 1. The Morgan fingerprint density at radius 1 is 1.12 bits per heavy atom. The molecule has 4 rings (SSSR count). The van der Waals surface area contributed by atoms with Gasteiger partial charge in [-0.2, -0.15) is 0 Å². The van der Waals surface area contributed by atoms with Crippen molar-refractivity contribution in [2.75, 3.05) is 22.5 Å². The molecule has 1 amide bonds. The summed E-state index contributed by atoms with van der Waals surface area (Å²) in [7, 11) is 0. The van der Waals surface area contributed by atoms with Crippen molar-refractivity contribution in [3.8, 4) is 0 Å². The predicted octanol–water partition coefficient (Wildman–Crippen LogP) is 5.30. The first-order valence-electron chi connectivity index (χ1n) is 10.1. The highest BCUT2D eigenvalue weighted by Crippen LogP contribution is 2.37. The monoisotopic (exact) mass is 523 g/mol. The number of amides is 1. The van der Waals surface area contributed by atoms with Gasteiger partial charge in [0.25, 0.3) is 0 Å². The highest BCUT2D eigenvalue weighted by atomic mass is 35.5. The lowest BCUT2D eigenvalue weighted by Crippen LogP contribution is -2.44. The Bertz CT molecular complexity index is 1190. The topological polar surface area (TPSA) is 75.4 Å². The van der Waals surface area contributed by atoms with Crippen LogP contribution in [-0.2, 0) is 11.3 Å². The highest BCUT2D eigenvalue weighted by molar-refractivity contribution is 7.99. The summed E-state index contributed by atoms with van der Waals surface area (Å²) in [6, 6.07) is 14.4. The normalized spacial score (nSPS) is 15.2. The number of anilines is 2. The third-order valence-corrected chi connectivity index (χ3v) is 6.61. The van der Waals surface area contributed by atoms with Gasteiger partial charge in [-0.25, -0.2) is 8.78 Å². The van der Waals surface area contributed by atoms with E-state index in [1.54, 1.807) is 24.3 Å². The van der Waals surface area contributed by atoms with Crippen molar-refractivity contribution in [3.05, 3.63) is 88.4 Å². The molecule has 0 saturated heterocycles. The Hall–Kier alpha value is -2.65. The van der Waals surface area contributed by atoms with Crippen molar-refractivity contribution in [2.24, 2.45) is 5.73 Å². The van der Waals surface area contributed by atoms with Crippen LogP contribution >= 0.6 is 35.8 Å². The van der Waals surface area contributed by atoms with Crippen LogP contribution in [0.3, 0.4) is 0 Å². The zero-order valence-corrected chi connectivity index (χ0v) is 20.2. The number of hydrogen-bond donors (Lipinski definition) is 2. The van der Waals surface area contributed by atoms with Crippen LogP contribution in [-0.4, -0.2) is 30.0 Å². The summed E-state index contributed by atoms with van der Waals surface area (Å²) in [5.41, 5.74) is 7.68. The molecule has 3 aromatic carbocycles. The first kappa shape index (κ1) is 26.0. The third kappa shape index (κ3) is 5.88. The second-order valence-electron chi connectivity index (χ2n) is 7.55. The van der Waals surface area contributed by atoms with E-state index in [1.165, 1.54) is 53.1 Å². The molecule has 0 fully saturated rings. The van der Waals surface area contributed by atoms with Crippen LogP contribution in [0.15, 0.2) is 65.6 Å². The summed E-state index contributed by atoms with van der Waals surface area (Å²) in [4.78, 5) is 27.8. The molecule has 1 aliphatic rings. The molecule has 34 heavy (non-hydrogen) atoms. The summed E-state index contributed by atoms with van der Waals surface area (Å²) >= 11 is 7.23. The lowest BCUT2D eigenvalue weighted by molar-refractivity contribution is -0.119. The average Bonchev–Trinajstić information content (AvgIpc) is 2.91. The SMILES string of the molecule is Cl.N[C@H]1CSc2cc(F)c(C(=O)CNc3ccc(F)cc3)cc2N(Cc2ccc(Cl)cc2)C1=O. The van der Waals surface area contributed by atoms with Crippen molar-refractivity contribution >= 4 is 58.8 Å². The molecular weight excluding hydrogens is 503 g/mol. The van der Waals surface area contributed by atoms with E-state index in [-0.39, 0.29) is 37.0 Å². The molecular formula is C24H21Cl2F2N3O2S. The van der Waals surface area contributed by atoms with E-state index < -0.39 is 23.5 Å². The molecule has 0 radical (unpaired) electrons. The molecule has 0 bridgehead atoms. The number of ketones is 1. The zero-order valence-electron chi connectivity index (χ0n) is 17.8. The van der Waals surface area contributed by atoms with E-state index in [0.717, 1.165) is 5.56 Å². The van der Waals surface area contributed by atoms with Gasteiger partial charge in [0, 0.05) is 21.4 Å². The van der Waals surface area contributed by atoms with E-state index in [9.17, 15) is 18.4 Å². The lowest BCUT2D eigenvalue weighted by atomic mass is 10.1. The molecule has 0 unspecified atom stereocenters. The molecule has 0 saturated carbocycles. The number of benzene rings is 3. The minimum atomic E-state index is -0.767. The van der Waals surface area contributed by atoms with Crippen molar-refractivity contribution < 1.29 is 18.4 Å². The summed E-state index contributed by atoms with van der Waals surface area (Å²) in [5, 5.41) is 3.43. The van der Waals surface area contributed by atoms with E-state index >= 15 is 0 Å². The van der Waals surface area contributed by atoms with Gasteiger partial charge in [-0.15, -0.1) is 24.2 Å². The fraction of sp³-hybridized carbons (Fsp3) is 0.167. The molecule has 10 heteroatoms. The van der Waals surface area contributed by atoms with Crippen LogP contribution in [0, 0.1) is 11.6 Å². The highest BCUT2D eigenvalue weighted by Gasteiger charge is 2.30. The van der Waals surface area contributed by atoms with E-state index in [1.807, 2.05) is 0 Å². The van der Waals surface area contributed by atoms with Gasteiger partial charge in [0.1, 0.15) is 11.6 Å². The number of thioether (sulfide) groups is 1. The maximum absolute atomic E-state index is 14.9. The molecule has 5 nitrogen and oxygen atoms in total. The van der Waals surface area contributed by atoms with Gasteiger partial charge in [0.05, 0.1) is 30.4 Å². The fourth-order valence-corrected chi connectivity index (χ4v) is 4.57. The number of carbonyl (C=O) groups excluding carboxylic acids is 2. The lowest BCUT2D eigenvalue weighted by Gasteiger charge is -2.25. The Labute approximate surface area is 211 Å². The molecule has 0 aliphatic carbocycles. The van der Waals surface area contributed by atoms with Crippen LogP contribution in [0.2, 0.25) is 5.02 Å². The number of nitrogens with two attached hydrogens (primary N) is 1. The molecule has 3 aromatic rings. The molecule has 1 atom stereocenters. The molecule has 0 spiro atoms. The Morgan fingerprint density at radius 2 is 1.79 bits per heavy atom. The number of fused-ring (bicyclic) bond motifs is 1. The summed E-state index contributed by atoms with van der Waals surface area (Å²) < 4.78 is 27.9. The molecule has 0 aromatic heterocycles. The summed E-state index contributed by atoms with van der Waals surface area (Å²) in [6.07, 6.45) is 0. The van der Waals surface area contributed by atoms with Gasteiger partial charge < -0.3 is 16.0 Å². The quantitative estimate of drug-likeness (QED) is 0.428. The van der Waals surface area contributed by atoms with Crippen LogP contribution in [0.1, 0.15) is 15.9 Å². The van der Waals surface area contributed by atoms with Crippen molar-refractivity contribution in [1.82, 2.24) is 0 Å². The van der Waals surface area contributed by atoms with Gasteiger partial charge in [-0.3, -0.25) is 9.59 Å². The van der Waals surface area contributed by atoms with Gasteiger partial charge in [-0.05, 0) is 54.1 Å². The Balaban J connectivity index is 0.00000324. The summed E-state index contributed by atoms with van der Waals surface area (Å²) in [6.45, 7) is 0.00345. The smallest absolute Gasteiger partial charge is 0.245 e. The van der Waals surface area contributed by atoms with Crippen LogP contribution < -0.4 is 16.0 Å². The van der Waals surface area contributed by atoms with Crippen molar-refractivity contribution in [3.63, 3.8) is 0 Å². The standard InChI is InChI=1S/C24H20ClF2N3O2S.ClH/c25-15-3-1-14(2-4-15)12-30-21-9-18(19(27)10-23(21)33-13-20(28)24(30)32)22(31)11-29-17-7-5-16(26)6-8-17;/h1-10,20,29H,11-13,28H2;1H/t20-;/m0./s1. The van der Waals surface area contributed by atoms with Gasteiger partial charge in [-0.1, -0.05) is 23.7 Å². The molecule has 178 valence electrons. The minimum Gasteiger partial charge on any atom is -0.378 e. The maximum Gasteiger partial charge on any atom is 0.245 e. The maximum atomic E-state index is 14.9. The van der Waals surface area contributed by atoms with Gasteiger partial charge in [0.2, 0.25) is 5.91 Å². The van der Waals surface area contributed by atoms with Crippen molar-refractivity contribution in [2.45, 2.75) is 17.5 Å². The molecule has 3 N–H and O–H groups in total. The second kappa shape index (κ2) is 11.2. The number of Topliss-reactive ketones (excluding diaryl/α,β-unsaturated/α-hetero) is 1. The summed E-state index contributed by atoms with van der Waals surface area (Å²) in [5.74, 6) is -1.60. The van der Waals surface area contributed by atoms with E-state index in [2.05, 4.69) is 5.32 Å². The number of nitrogens with zero attached hydrogens (tertiary/aromatic N) is 1.